The van der Waals surface area contributed by atoms with Crippen LogP contribution in [0.15, 0.2) is 12.2 Å². The molecule has 3 unspecified atom stereocenters. The Hall–Kier alpha value is -1.40. The number of quaternary nitrogens is 1. The van der Waals surface area contributed by atoms with Gasteiger partial charge in [-0.25, -0.2) is 0 Å². The molecule has 0 aliphatic rings. The van der Waals surface area contributed by atoms with Gasteiger partial charge in [-0.05, 0) is 19.8 Å². The minimum Gasteiger partial charge on any atom is -0.550 e. The van der Waals surface area contributed by atoms with Crippen LogP contribution in [0.5, 0.6) is 0 Å². The van der Waals surface area contributed by atoms with Gasteiger partial charge in [0.25, 0.3) is 0 Å². The third kappa shape index (κ3) is 9.03. The van der Waals surface area contributed by atoms with E-state index in [0.717, 1.165) is 25.7 Å². The second-order valence-corrected chi connectivity index (χ2v) is 6.74. The third-order valence-corrected chi connectivity index (χ3v) is 4.35. The molecule has 0 aromatic carbocycles. The molecular formula is C18H33NO5. The lowest BCUT2D eigenvalue weighted by Crippen LogP contribution is -2.57. The van der Waals surface area contributed by atoms with Crippen molar-refractivity contribution in [1.29, 1.82) is 0 Å². The quantitative estimate of drug-likeness (QED) is 0.279. The highest BCUT2D eigenvalue weighted by Gasteiger charge is 2.33. The standard InChI is InChI=1S/C18H33NO5/c1-4-5-6-7-8-9-10-19(11-12-20,13-15(2)17(21)22)14-16(3)18(23)24/h6-7,15-16,20H,4-5,8-14H2,1-3H3,(H-,21,22,23,24)/b7-6+. The molecule has 24 heavy (non-hydrogen) atoms. The molecule has 0 bridgehead atoms. The number of carboxylic acids is 2. The molecule has 0 aromatic rings. The van der Waals surface area contributed by atoms with Crippen molar-refractivity contribution in [2.24, 2.45) is 11.8 Å². The van der Waals surface area contributed by atoms with Gasteiger partial charge in [0.1, 0.15) is 12.5 Å². The van der Waals surface area contributed by atoms with Crippen LogP contribution in [-0.2, 0) is 9.59 Å². The Labute approximate surface area is 145 Å². The molecule has 0 rings (SSSR count). The molecule has 6 nitrogen and oxygen atoms in total. The summed E-state index contributed by atoms with van der Waals surface area (Å²) in [6, 6.07) is 0. The zero-order chi connectivity index (χ0) is 18.6. The molecule has 2 N–H and O–H groups in total. The number of hydrogen-bond acceptors (Lipinski definition) is 4. The number of carboxylic acid groups (broad SMARTS) is 2. The van der Waals surface area contributed by atoms with Crippen LogP contribution >= 0.6 is 0 Å². The van der Waals surface area contributed by atoms with Gasteiger partial charge < -0.3 is 24.6 Å². The highest BCUT2D eigenvalue weighted by molar-refractivity contribution is 5.69. The van der Waals surface area contributed by atoms with Gasteiger partial charge in [0.05, 0.1) is 26.2 Å². The number of aliphatic carboxylic acids is 2. The first kappa shape index (κ1) is 22.6. The molecule has 0 radical (unpaired) electrons. The van der Waals surface area contributed by atoms with Crippen molar-refractivity contribution in [3.63, 3.8) is 0 Å². The Balaban J connectivity index is 5.03. The van der Waals surface area contributed by atoms with Crippen LogP contribution in [0, 0.1) is 11.8 Å². The average Bonchev–Trinajstić information content (AvgIpc) is 2.50. The minimum atomic E-state index is -1.14. The summed E-state index contributed by atoms with van der Waals surface area (Å²) in [6.07, 6.45) is 8.07. The zero-order valence-corrected chi connectivity index (χ0v) is 15.2. The molecule has 0 amide bonds. The number of aliphatic hydroxyl groups is 1. The molecule has 6 heteroatoms. The van der Waals surface area contributed by atoms with Crippen molar-refractivity contribution in [3.05, 3.63) is 12.2 Å². The molecule has 0 spiro atoms. The Bertz CT molecular complexity index is 386. The Morgan fingerprint density at radius 1 is 1.08 bits per heavy atom. The maximum absolute atomic E-state index is 11.2. The van der Waals surface area contributed by atoms with Gasteiger partial charge in [0, 0.05) is 18.3 Å². The predicted octanol–water partition coefficient (Wildman–Crippen LogP) is 1.04. The lowest BCUT2D eigenvalue weighted by molar-refractivity contribution is -0.932. The summed E-state index contributed by atoms with van der Waals surface area (Å²) in [5, 5.41) is 29.8. The SMILES string of the molecule is CCC/C=C/CCC[N+](CCO)(CC(C)C(=O)[O-])CC(C)C(=O)O. The summed E-state index contributed by atoms with van der Waals surface area (Å²) in [4.78, 5) is 22.4. The van der Waals surface area contributed by atoms with Crippen LogP contribution in [0.1, 0.15) is 46.5 Å². The summed E-state index contributed by atoms with van der Waals surface area (Å²) in [5.74, 6) is -3.32. The average molecular weight is 343 g/mol. The monoisotopic (exact) mass is 343 g/mol. The summed E-state index contributed by atoms with van der Waals surface area (Å²) in [6.45, 7) is 6.80. The summed E-state index contributed by atoms with van der Waals surface area (Å²) in [5.41, 5.74) is 0. The predicted molar refractivity (Wildman–Crippen MR) is 91.1 cm³/mol. The fourth-order valence-electron chi connectivity index (χ4n) is 3.03. The minimum absolute atomic E-state index is 0.0994. The smallest absolute Gasteiger partial charge is 0.311 e. The maximum atomic E-state index is 11.2. The van der Waals surface area contributed by atoms with Crippen molar-refractivity contribution in [3.8, 4) is 0 Å². The fraction of sp³-hybridized carbons (Fsp3) is 0.778. The highest BCUT2D eigenvalue weighted by Crippen LogP contribution is 2.18. The van der Waals surface area contributed by atoms with Crippen molar-refractivity contribution in [2.45, 2.75) is 46.5 Å². The van der Waals surface area contributed by atoms with Crippen molar-refractivity contribution in [2.75, 3.05) is 32.8 Å². The van der Waals surface area contributed by atoms with E-state index in [1.165, 1.54) is 0 Å². The van der Waals surface area contributed by atoms with Crippen LogP contribution < -0.4 is 5.11 Å². The second-order valence-electron chi connectivity index (χ2n) is 6.74. The van der Waals surface area contributed by atoms with Crippen LogP contribution in [-0.4, -0.2) is 59.4 Å². The van der Waals surface area contributed by atoms with Gasteiger partial charge in [0.2, 0.25) is 0 Å². The van der Waals surface area contributed by atoms with Crippen LogP contribution in [0.4, 0.5) is 0 Å². The Morgan fingerprint density at radius 2 is 1.67 bits per heavy atom. The molecule has 0 aromatic heterocycles. The second kappa shape index (κ2) is 12.0. The molecule has 0 saturated heterocycles. The Morgan fingerprint density at radius 3 is 2.17 bits per heavy atom. The molecule has 3 atom stereocenters. The van der Waals surface area contributed by atoms with Gasteiger partial charge in [-0.15, -0.1) is 0 Å². The number of hydrogen-bond donors (Lipinski definition) is 2. The largest absolute Gasteiger partial charge is 0.550 e. The van der Waals surface area contributed by atoms with Crippen molar-refractivity contribution >= 4 is 11.9 Å². The Kier molecular flexibility index (Phi) is 11.3. The molecule has 140 valence electrons. The van der Waals surface area contributed by atoms with E-state index in [0.29, 0.717) is 24.1 Å². The third-order valence-electron chi connectivity index (χ3n) is 4.35. The van der Waals surface area contributed by atoms with E-state index in [2.05, 4.69) is 19.1 Å². The molecule has 0 aliphatic heterocycles. The summed E-state index contributed by atoms with van der Waals surface area (Å²) in [7, 11) is 0. The lowest BCUT2D eigenvalue weighted by Gasteiger charge is -2.41. The lowest BCUT2D eigenvalue weighted by atomic mass is 10.0. The van der Waals surface area contributed by atoms with Gasteiger partial charge in [-0.1, -0.05) is 32.4 Å². The molecule has 0 heterocycles. The molecule has 0 fully saturated rings. The number of carbonyl (C=O) groups is 2. The number of aliphatic hydroxyl groups excluding tert-OH is 1. The molecular weight excluding hydrogens is 310 g/mol. The number of rotatable bonds is 14. The van der Waals surface area contributed by atoms with Gasteiger partial charge in [-0.3, -0.25) is 4.79 Å². The number of unbranched alkanes of at least 4 members (excludes halogenated alkanes) is 2. The van der Waals surface area contributed by atoms with Gasteiger partial charge in [0.15, 0.2) is 0 Å². The topological polar surface area (TPSA) is 97.7 Å². The van der Waals surface area contributed by atoms with Crippen molar-refractivity contribution in [1.82, 2.24) is 0 Å². The zero-order valence-electron chi connectivity index (χ0n) is 15.2. The van der Waals surface area contributed by atoms with Crippen LogP contribution in [0.3, 0.4) is 0 Å². The summed E-state index contributed by atoms with van der Waals surface area (Å²) < 4.78 is 0.292. The van der Waals surface area contributed by atoms with E-state index in [1.807, 2.05) is 0 Å². The highest BCUT2D eigenvalue weighted by atomic mass is 16.4. The normalized spacial score (nSPS) is 16.7. The summed E-state index contributed by atoms with van der Waals surface area (Å²) >= 11 is 0. The van der Waals surface area contributed by atoms with Crippen LogP contribution in [0.25, 0.3) is 0 Å². The van der Waals surface area contributed by atoms with E-state index in [9.17, 15) is 24.9 Å². The van der Waals surface area contributed by atoms with E-state index >= 15 is 0 Å². The van der Waals surface area contributed by atoms with E-state index in [-0.39, 0.29) is 13.2 Å². The fourth-order valence-corrected chi connectivity index (χ4v) is 3.03. The first-order chi connectivity index (χ1) is 11.3. The first-order valence-electron chi connectivity index (χ1n) is 8.82. The first-order valence-corrected chi connectivity index (χ1v) is 8.82. The van der Waals surface area contributed by atoms with E-state index in [4.69, 9.17) is 0 Å². The number of carbonyl (C=O) groups excluding carboxylic acids is 1. The van der Waals surface area contributed by atoms with Crippen molar-refractivity contribution < 1.29 is 29.4 Å². The number of nitrogens with zero attached hydrogens (tertiary/aromatic N) is 1. The maximum Gasteiger partial charge on any atom is 0.311 e. The molecule has 0 aliphatic carbocycles. The van der Waals surface area contributed by atoms with E-state index in [1.54, 1.807) is 13.8 Å². The number of allylic oxidation sites excluding steroid dienone is 2. The van der Waals surface area contributed by atoms with Crippen LogP contribution in [0.2, 0.25) is 0 Å². The molecule has 0 saturated carbocycles. The van der Waals surface area contributed by atoms with Gasteiger partial charge >= 0.3 is 5.97 Å². The van der Waals surface area contributed by atoms with E-state index < -0.39 is 23.8 Å². The van der Waals surface area contributed by atoms with Gasteiger partial charge in [-0.2, -0.15) is 0 Å².